The Morgan fingerprint density at radius 3 is 2.38 bits per heavy atom. The van der Waals surface area contributed by atoms with Gasteiger partial charge >= 0.3 is 0 Å². The number of hydrogen-bond acceptors (Lipinski definition) is 3. The van der Waals surface area contributed by atoms with Gasteiger partial charge < -0.3 is 4.98 Å². The molecule has 24 heavy (non-hydrogen) atoms. The van der Waals surface area contributed by atoms with E-state index in [-0.39, 0.29) is 11.8 Å². The van der Waals surface area contributed by atoms with Gasteiger partial charge in [-0.3, -0.25) is 19.3 Å². The highest BCUT2D eigenvalue weighted by molar-refractivity contribution is 6.21. The number of imide groups is 1. The highest BCUT2D eigenvalue weighted by Crippen LogP contribution is 2.24. The first kappa shape index (κ1) is 14.4. The van der Waals surface area contributed by atoms with Crippen LogP contribution in [0.15, 0.2) is 48.7 Å². The van der Waals surface area contributed by atoms with E-state index in [9.17, 15) is 14.4 Å². The Bertz CT molecular complexity index is 952. The zero-order valence-electron chi connectivity index (χ0n) is 12.8. The van der Waals surface area contributed by atoms with Crippen LogP contribution >= 0.6 is 0 Å². The van der Waals surface area contributed by atoms with Crippen LogP contribution in [0.1, 0.15) is 36.6 Å². The van der Waals surface area contributed by atoms with E-state index in [4.69, 9.17) is 0 Å². The smallest absolute Gasteiger partial charge is 0.261 e. The minimum absolute atomic E-state index is 0.246. The number of hydrogen-bond donors (Lipinski definition) is 1. The van der Waals surface area contributed by atoms with Crippen molar-refractivity contribution in [1.82, 2.24) is 9.88 Å². The number of rotatable bonds is 4. The lowest BCUT2D eigenvalue weighted by molar-refractivity contribution is 0.0656. The van der Waals surface area contributed by atoms with Crippen molar-refractivity contribution in [3.05, 3.63) is 70.9 Å². The van der Waals surface area contributed by atoms with Gasteiger partial charge in [-0.25, -0.2) is 0 Å². The predicted molar refractivity (Wildman–Crippen MR) is 89.2 cm³/mol. The zero-order chi connectivity index (χ0) is 16.7. The van der Waals surface area contributed by atoms with Crippen LogP contribution in [0.4, 0.5) is 0 Å². The molecule has 4 rings (SSSR count). The largest absolute Gasteiger partial charge is 0.361 e. The number of H-pyrrole nitrogens is 1. The molecule has 0 radical (unpaired) electrons. The van der Waals surface area contributed by atoms with Crippen LogP contribution in [0.5, 0.6) is 0 Å². The van der Waals surface area contributed by atoms with E-state index in [0.717, 1.165) is 22.8 Å². The maximum atomic E-state index is 12.4. The number of nitrogens with one attached hydrogen (secondary N) is 1. The molecule has 0 bridgehead atoms. The van der Waals surface area contributed by atoms with E-state index in [1.807, 2.05) is 18.3 Å². The van der Waals surface area contributed by atoms with Crippen LogP contribution in [0.2, 0.25) is 0 Å². The maximum Gasteiger partial charge on any atom is 0.261 e. The molecule has 118 valence electrons. The fourth-order valence-electron chi connectivity index (χ4n) is 3.15. The molecule has 3 aromatic rings. The lowest BCUT2D eigenvalue weighted by atomic mass is 10.1. The third-order valence-electron chi connectivity index (χ3n) is 4.41. The van der Waals surface area contributed by atoms with Crippen LogP contribution in [-0.4, -0.2) is 34.5 Å². The highest BCUT2D eigenvalue weighted by Gasteiger charge is 2.34. The van der Waals surface area contributed by atoms with E-state index in [2.05, 4.69) is 4.98 Å². The summed E-state index contributed by atoms with van der Waals surface area (Å²) in [5.74, 6) is -0.493. The van der Waals surface area contributed by atoms with Crippen molar-refractivity contribution in [3.8, 4) is 0 Å². The van der Waals surface area contributed by atoms with Gasteiger partial charge in [-0.15, -0.1) is 0 Å². The summed E-state index contributed by atoms with van der Waals surface area (Å²) in [6.45, 7) is 0.310. The number of aromatic amines is 1. The Morgan fingerprint density at radius 2 is 1.71 bits per heavy atom. The predicted octanol–water partition coefficient (Wildman–Crippen LogP) is 2.82. The summed E-state index contributed by atoms with van der Waals surface area (Å²) < 4.78 is 0. The second-order valence-electron chi connectivity index (χ2n) is 5.79. The Hall–Kier alpha value is -3.21. The molecule has 2 amide bonds. The molecule has 0 saturated carbocycles. The summed E-state index contributed by atoms with van der Waals surface area (Å²) in [4.78, 5) is 40.2. The Kier molecular flexibility index (Phi) is 3.27. The number of carbonyl (C=O) groups excluding carboxylic acids is 3. The van der Waals surface area contributed by atoms with E-state index >= 15 is 0 Å². The van der Waals surface area contributed by atoms with Gasteiger partial charge in [0.25, 0.3) is 11.8 Å². The summed E-state index contributed by atoms with van der Waals surface area (Å²) >= 11 is 0. The zero-order valence-corrected chi connectivity index (χ0v) is 12.8. The molecule has 5 heteroatoms. The van der Waals surface area contributed by atoms with Crippen molar-refractivity contribution >= 4 is 29.0 Å². The molecular weight excluding hydrogens is 304 g/mol. The third-order valence-corrected chi connectivity index (χ3v) is 4.41. The fraction of sp³-hybridized carbons (Fsp3) is 0.105. The lowest BCUT2D eigenvalue weighted by Gasteiger charge is -2.13. The van der Waals surface area contributed by atoms with E-state index < -0.39 is 0 Å². The topological polar surface area (TPSA) is 70.2 Å². The van der Waals surface area contributed by atoms with Crippen LogP contribution in [0, 0.1) is 0 Å². The fourth-order valence-corrected chi connectivity index (χ4v) is 3.15. The third kappa shape index (κ3) is 2.13. The van der Waals surface area contributed by atoms with Crippen LogP contribution in [0.25, 0.3) is 10.9 Å². The van der Waals surface area contributed by atoms with E-state index in [1.165, 1.54) is 4.90 Å². The van der Waals surface area contributed by atoms with Crippen molar-refractivity contribution < 1.29 is 14.4 Å². The lowest BCUT2D eigenvalue weighted by Crippen LogP contribution is -2.31. The summed E-state index contributed by atoms with van der Waals surface area (Å²) in [5, 5.41) is 0.941. The normalized spacial score (nSPS) is 13.6. The molecule has 1 aromatic heterocycles. The average Bonchev–Trinajstić information content (AvgIpc) is 3.13. The first-order valence-corrected chi connectivity index (χ1v) is 7.69. The van der Waals surface area contributed by atoms with Gasteiger partial charge in [0.15, 0.2) is 0 Å². The van der Waals surface area contributed by atoms with Gasteiger partial charge in [0.2, 0.25) is 0 Å². The van der Waals surface area contributed by atoms with Gasteiger partial charge in [0, 0.05) is 29.2 Å². The monoisotopic (exact) mass is 318 g/mol. The Morgan fingerprint density at radius 1 is 1.00 bits per heavy atom. The highest BCUT2D eigenvalue weighted by atomic mass is 16.2. The molecule has 0 unspecified atom stereocenters. The van der Waals surface area contributed by atoms with Crippen LogP contribution < -0.4 is 0 Å². The van der Waals surface area contributed by atoms with Crippen molar-refractivity contribution in [3.63, 3.8) is 0 Å². The summed E-state index contributed by atoms with van der Waals surface area (Å²) in [6.07, 6.45) is 3.20. The quantitative estimate of drug-likeness (QED) is 0.594. The van der Waals surface area contributed by atoms with Crippen molar-refractivity contribution in [1.29, 1.82) is 0 Å². The molecule has 0 spiro atoms. The molecular formula is C19H14N2O3. The number of amides is 2. The second-order valence-corrected chi connectivity index (χ2v) is 5.79. The molecule has 2 heterocycles. The molecule has 5 nitrogen and oxygen atoms in total. The first-order valence-electron chi connectivity index (χ1n) is 7.69. The van der Waals surface area contributed by atoms with E-state index in [0.29, 0.717) is 29.7 Å². The molecule has 1 N–H and O–H groups in total. The molecule has 0 aliphatic carbocycles. The number of carbonyl (C=O) groups is 3. The number of aromatic nitrogens is 1. The van der Waals surface area contributed by atoms with E-state index in [1.54, 1.807) is 30.3 Å². The van der Waals surface area contributed by atoms with Gasteiger partial charge in [0.05, 0.1) is 11.1 Å². The van der Waals surface area contributed by atoms with Gasteiger partial charge in [-0.1, -0.05) is 12.1 Å². The minimum Gasteiger partial charge on any atom is -0.361 e. The Labute approximate surface area is 137 Å². The number of aldehydes is 1. The minimum atomic E-state index is -0.246. The number of benzene rings is 2. The van der Waals surface area contributed by atoms with Gasteiger partial charge in [0.1, 0.15) is 6.29 Å². The number of nitrogens with zero attached hydrogens (tertiary/aromatic N) is 1. The van der Waals surface area contributed by atoms with Crippen LogP contribution in [0.3, 0.4) is 0 Å². The maximum absolute atomic E-state index is 12.4. The molecule has 0 atom stereocenters. The van der Waals surface area contributed by atoms with Crippen LogP contribution in [-0.2, 0) is 6.42 Å². The molecule has 0 fully saturated rings. The first-order chi connectivity index (χ1) is 11.7. The SMILES string of the molecule is O=Cc1ccc2[nH]cc(CCN3C(=O)c4ccccc4C3=O)c2c1. The molecule has 2 aromatic carbocycles. The molecule has 1 aliphatic rings. The van der Waals surface area contributed by atoms with Gasteiger partial charge in [-0.05, 0) is 42.3 Å². The van der Waals surface area contributed by atoms with Crippen molar-refractivity contribution in [2.75, 3.05) is 6.54 Å². The van der Waals surface area contributed by atoms with Gasteiger partial charge in [-0.2, -0.15) is 0 Å². The molecule has 0 saturated heterocycles. The number of fused-ring (bicyclic) bond motifs is 2. The van der Waals surface area contributed by atoms with Crippen molar-refractivity contribution in [2.45, 2.75) is 6.42 Å². The average molecular weight is 318 g/mol. The summed E-state index contributed by atoms with van der Waals surface area (Å²) in [5.41, 5.74) is 3.43. The molecule has 1 aliphatic heterocycles. The second kappa shape index (κ2) is 5.45. The summed E-state index contributed by atoms with van der Waals surface area (Å²) in [7, 11) is 0. The van der Waals surface area contributed by atoms with Crippen molar-refractivity contribution in [2.24, 2.45) is 0 Å². The summed E-state index contributed by atoms with van der Waals surface area (Å²) in [6, 6.07) is 12.3. The Balaban J connectivity index is 1.59. The standard InChI is InChI=1S/C19H14N2O3/c22-11-12-5-6-17-16(9-12)13(10-20-17)7-8-21-18(23)14-3-1-2-4-15(14)19(21)24/h1-6,9-11,20H,7-8H2.